The molecule has 0 aliphatic carbocycles. The first-order valence-corrected chi connectivity index (χ1v) is 8.77. The maximum Gasteiger partial charge on any atom is 0.227 e. The third kappa shape index (κ3) is 4.16. The smallest absolute Gasteiger partial charge is 0.227 e. The Morgan fingerprint density at radius 1 is 0.958 bits per heavy atom. The summed E-state index contributed by atoms with van der Waals surface area (Å²) in [5, 5.41) is 3.41. The molecule has 2 heterocycles. The highest BCUT2D eigenvalue weighted by atomic mass is 15.3. The Hall–Kier alpha value is -2.30. The van der Waals surface area contributed by atoms with Crippen LogP contribution in [0, 0.1) is 6.92 Å². The summed E-state index contributed by atoms with van der Waals surface area (Å²) in [6, 6.07) is 10.4. The highest BCUT2D eigenvalue weighted by Crippen LogP contribution is 2.22. The van der Waals surface area contributed by atoms with Gasteiger partial charge in [-0.15, -0.1) is 0 Å². The van der Waals surface area contributed by atoms with Gasteiger partial charge in [0.1, 0.15) is 5.82 Å². The normalized spacial score (nSPS) is 15.0. The first-order chi connectivity index (χ1) is 11.6. The van der Waals surface area contributed by atoms with Crippen molar-refractivity contribution in [2.24, 2.45) is 0 Å². The van der Waals surface area contributed by atoms with Gasteiger partial charge in [-0.1, -0.05) is 12.8 Å². The van der Waals surface area contributed by atoms with Crippen molar-refractivity contribution in [2.75, 3.05) is 42.3 Å². The van der Waals surface area contributed by atoms with Gasteiger partial charge in [0, 0.05) is 50.3 Å². The van der Waals surface area contributed by atoms with Crippen LogP contribution in [0.4, 0.5) is 23.1 Å². The number of benzene rings is 1. The van der Waals surface area contributed by atoms with Crippen LogP contribution < -0.4 is 15.1 Å². The molecule has 0 atom stereocenters. The molecule has 0 saturated carbocycles. The van der Waals surface area contributed by atoms with Crippen molar-refractivity contribution in [3.63, 3.8) is 0 Å². The van der Waals surface area contributed by atoms with Crippen molar-refractivity contribution in [3.05, 3.63) is 36.0 Å². The van der Waals surface area contributed by atoms with E-state index >= 15 is 0 Å². The summed E-state index contributed by atoms with van der Waals surface area (Å²) in [4.78, 5) is 13.8. The average molecular weight is 325 g/mol. The molecule has 1 aliphatic heterocycles. The molecule has 1 aromatic carbocycles. The van der Waals surface area contributed by atoms with Crippen LogP contribution in [0.5, 0.6) is 0 Å². The Morgan fingerprint density at radius 2 is 1.62 bits per heavy atom. The van der Waals surface area contributed by atoms with E-state index in [1.807, 2.05) is 27.1 Å². The number of aryl methyl sites for hydroxylation is 1. The minimum atomic E-state index is 0.851. The quantitative estimate of drug-likeness (QED) is 0.921. The Bertz CT molecular complexity index is 658. The molecule has 3 rings (SSSR count). The third-order valence-electron chi connectivity index (χ3n) is 4.39. The van der Waals surface area contributed by atoms with Gasteiger partial charge in [-0.05, 0) is 44.0 Å². The summed E-state index contributed by atoms with van der Waals surface area (Å²) in [7, 11) is 4.09. The molecule has 1 N–H and O–H groups in total. The van der Waals surface area contributed by atoms with E-state index in [2.05, 4.69) is 44.4 Å². The van der Waals surface area contributed by atoms with Crippen molar-refractivity contribution in [3.8, 4) is 0 Å². The molecule has 0 radical (unpaired) electrons. The van der Waals surface area contributed by atoms with Crippen LogP contribution in [0.1, 0.15) is 31.4 Å². The second-order valence-electron chi connectivity index (χ2n) is 6.66. The number of anilines is 4. The fraction of sp³-hybridized carbons (Fsp3) is 0.474. The SMILES string of the molecule is Cc1cc(Nc2ccc(N(C)C)cc2)nc(N2CCCCCC2)n1. The zero-order valence-electron chi connectivity index (χ0n) is 14.9. The fourth-order valence-electron chi connectivity index (χ4n) is 3.02. The van der Waals surface area contributed by atoms with Crippen molar-refractivity contribution < 1.29 is 0 Å². The van der Waals surface area contributed by atoms with Gasteiger partial charge < -0.3 is 15.1 Å². The summed E-state index contributed by atoms with van der Waals surface area (Å²) in [5.41, 5.74) is 3.22. The van der Waals surface area contributed by atoms with Crippen LogP contribution in [0.2, 0.25) is 0 Å². The van der Waals surface area contributed by atoms with Gasteiger partial charge >= 0.3 is 0 Å². The maximum atomic E-state index is 4.75. The predicted molar refractivity (Wildman–Crippen MR) is 102 cm³/mol. The van der Waals surface area contributed by atoms with Crippen LogP contribution in [0.25, 0.3) is 0 Å². The van der Waals surface area contributed by atoms with Gasteiger partial charge in [0.2, 0.25) is 5.95 Å². The van der Waals surface area contributed by atoms with Crippen molar-refractivity contribution in [2.45, 2.75) is 32.6 Å². The lowest BCUT2D eigenvalue weighted by Crippen LogP contribution is -2.26. The topological polar surface area (TPSA) is 44.3 Å². The summed E-state index contributed by atoms with van der Waals surface area (Å²) in [5.74, 6) is 1.71. The molecule has 24 heavy (non-hydrogen) atoms. The van der Waals surface area contributed by atoms with Crippen LogP contribution >= 0.6 is 0 Å². The van der Waals surface area contributed by atoms with Crippen molar-refractivity contribution in [1.82, 2.24) is 9.97 Å². The zero-order chi connectivity index (χ0) is 16.9. The van der Waals surface area contributed by atoms with Crippen LogP contribution in [0.15, 0.2) is 30.3 Å². The lowest BCUT2D eigenvalue weighted by atomic mass is 10.2. The van der Waals surface area contributed by atoms with E-state index in [-0.39, 0.29) is 0 Å². The average Bonchev–Trinajstić information content (AvgIpc) is 2.84. The molecular formula is C19H27N5. The Labute approximate surface area is 144 Å². The summed E-state index contributed by atoms with van der Waals surface area (Å²) in [6.07, 6.45) is 5.08. The van der Waals surface area contributed by atoms with E-state index in [0.717, 1.165) is 36.2 Å². The van der Waals surface area contributed by atoms with E-state index < -0.39 is 0 Å². The Morgan fingerprint density at radius 3 is 2.25 bits per heavy atom. The summed E-state index contributed by atoms with van der Waals surface area (Å²) < 4.78 is 0. The fourth-order valence-corrected chi connectivity index (χ4v) is 3.02. The highest BCUT2D eigenvalue weighted by Gasteiger charge is 2.13. The van der Waals surface area contributed by atoms with Gasteiger partial charge in [0.15, 0.2) is 0 Å². The number of aromatic nitrogens is 2. The van der Waals surface area contributed by atoms with Gasteiger partial charge in [0.05, 0.1) is 0 Å². The molecule has 128 valence electrons. The molecule has 1 aromatic heterocycles. The number of nitrogens with one attached hydrogen (secondary N) is 1. The standard InChI is InChI=1S/C19H27N5/c1-15-14-18(21-16-8-10-17(11-9-16)23(2)3)22-19(20-15)24-12-6-4-5-7-13-24/h8-11,14H,4-7,12-13H2,1-3H3,(H,20,21,22). The molecule has 1 fully saturated rings. The van der Waals surface area contributed by atoms with Gasteiger partial charge in [0.25, 0.3) is 0 Å². The van der Waals surface area contributed by atoms with E-state index in [9.17, 15) is 0 Å². The summed E-state index contributed by atoms with van der Waals surface area (Å²) in [6.45, 7) is 4.14. The molecule has 0 bridgehead atoms. The molecule has 0 spiro atoms. The van der Waals surface area contributed by atoms with E-state index in [4.69, 9.17) is 4.98 Å². The third-order valence-corrected chi connectivity index (χ3v) is 4.39. The second-order valence-corrected chi connectivity index (χ2v) is 6.66. The molecule has 5 heteroatoms. The van der Waals surface area contributed by atoms with E-state index in [1.165, 1.54) is 31.4 Å². The van der Waals surface area contributed by atoms with Crippen LogP contribution in [0.3, 0.4) is 0 Å². The molecule has 1 aliphatic rings. The lowest BCUT2D eigenvalue weighted by Gasteiger charge is -2.21. The van der Waals surface area contributed by atoms with Crippen LogP contribution in [-0.2, 0) is 0 Å². The molecule has 0 unspecified atom stereocenters. The summed E-state index contributed by atoms with van der Waals surface area (Å²) >= 11 is 0. The Kier molecular flexibility index (Phi) is 5.18. The number of nitrogens with zero attached hydrogens (tertiary/aromatic N) is 4. The monoisotopic (exact) mass is 325 g/mol. The first kappa shape index (κ1) is 16.6. The van der Waals surface area contributed by atoms with E-state index in [1.54, 1.807) is 0 Å². The number of hydrogen-bond acceptors (Lipinski definition) is 5. The number of rotatable bonds is 4. The Balaban J connectivity index is 1.77. The van der Waals surface area contributed by atoms with Gasteiger partial charge in [-0.3, -0.25) is 0 Å². The molecule has 2 aromatic rings. The molecular weight excluding hydrogens is 298 g/mol. The molecule has 5 nitrogen and oxygen atoms in total. The maximum absolute atomic E-state index is 4.75. The minimum Gasteiger partial charge on any atom is -0.378 e. The van der Waals surface area contributed by atoms with Crippen molar-refractivity contribution >= 4 is 23.1 Å². The van der Waals surface area contributed by atoms with Gasteiger partial charge in [-0.2, -0.15) is 4.98 Å². The number of hydrogen-bond donors (Lipinski definition) is 1. The van der Waals surface area contributed by atoms with Crippen LogP contribution in [-0.4, -0.2) is 37.2 Å². The zero-order valence-corrected chi connectivity index (χ0v) is 14.9. The van der Waals surface area contributed by atoms with Gasteiger partial charge in [-0.25, -0.2) is 4.98 Å². The lowest BCUT2D eigenvalue weighted by molar-refractivity contribution is 0.726. The molecule has 1 saturated heterocycles. The first-order valence-electron chi connectivity index (χ1n) is 8.77. The highest BCUT2D eigenvalue weighted by molar-refractivity contribution is 5.61. The minimum absolute atomic E-state index is 0.851. The largest absolute Gasteiger partial charge is 0.378 e. The predicted octanol–water partition coefficient (Wildman–Crippen LogP) is 3.98. The second kappa shape index (κ2) is 7.51. The molecule has 0 amide bonds. The van der Waals surface area contributed by atoms with E-state index in [0.29, 0.717) is 0 Å². The van der Waals surface area contributed by atoms with Crippen molar-refractivity contribution in [1.29, 1.82) is 0 Å².